The summed E-state index contributed by atoms with van der Waals surface area (Å²) in [6.07, 6.45) is 64.4. The Balaban J connectivity index is 3.89. The van der Waals surface area contributed by atoms with Crippen LogP contribution < -0.4 is 5.73 Å². The Hall–Kier alpha value is -1.54. The summed E-state index contributed by atoms with van der Waals surface area (Å²) < 4.78 is 33.7. The molecule has 0 amide bonds. The molecule has 0 bridgehead atoms. The zero-order valence-corrected chi connectivity index (χ0v) is 42.9. The van der Waals surface area contributed by atoms with Crippen molar-refractivity contribution in [2.75, 3.05) is 33.0 Å². The van der Waals surface area contributed by atoms with Crippen molar-refractivity contribution < 1.29 is 32.8 Å². The van der Waals surface area contributed by atoms with E-state index in [1.165, 1.54) is 180 Å². The van der Waals surface area contributed by atoms with Gasteiger partial charge in [-0.25, -0.2) is 4.57 Å². The van der Waals surface area contributed by atoms with Gasteiger partial charge in [0.1, 0.15) is 6.10 Å². The van der Waals surface area contributed by atoms with Gasteiger partial charge >= 0.3 is 13.8 Å². The van der Waals surface area contributed by atoms with Crippen LogP contribution in [0.1, 0.15) is 258 Å². The Morgan fingerprint density at radius 1 is 0.484 bits per heavy atom. The number of carbonyl (C=O) groups is 1. The predicted molar refractivity (Wildman–Crippen MR) is 275 cm³/mol. The van der Waals surface area contributed by atoms with E-state index < -0.39 is 13.9 Å². The van der Waals surface area contributed by atoms with Crippen LogP contribution in [0, 0.1) is 0 Å². The third-order valence-corrected chi connectivity index (χ3v) is 12.7. The fourth-order valence-corrected chi connectivity index (χ4v) is 8.58. The molecule has 0 aromatic rings. The van der Waals surface area contributed by atoms with E-state index >= 15 is 0 Å². The SMILES string of the molecule is CC/C=C\C/C=C\C/C=C\C/C=C\CCCCCCCCCCCCCOCC(COP(=O)(O)OCCN)OC(=O)CCCCCCCCCCCCCCCCCCCCCCC. The first-order valence-corrected chi connectivity index (χ1v) is 28.6. The number of unbranched alkanes of at least 4 members (excludes halogenated alkanes) is 31. The molecule has 0 saturated heterocycles. The van der Waals surface area contributed by atoms with Crippen LogP contribution in [0.5, 0.6) is 0 Å². The quantitative estimate of drug-likeness (QED) is 0.0268. The molecule has 0 fully saturated rings. The van der Waals surface area contributed by atoms with Gasteiger partial charge in [-0.05, 0) is 51.4 Å². The van der Waals surface area contributed by atoms with E-state index in [4.69, 9.17) is 24.3 Å². The summed E-state index contributed by atoms with van der Waals surface area (Å²) in [4.78, 5) is 22.6. The number of hydrogen-bond donors (Lipinski definition) is 2. The normalized spacial score (nSPS) is 13.6. The lowest BCUT2D eigenvalue weighted by Crippen LogP contribution is -2.28. The standard InChI is InChI=1S/C55H104NO7P/c1-3-5-7-9-11-13-15-17-19-21-23-25-26-27-29-31-33-35-37-39-41-43-45-47-50-60-52-54(53-62-64(58,59)61-51-49-56)63-55(57)48-46-44-42-40-38-36-34-32-30-28-24-22-20-18-16-14-12-10-8-6-4-2/h5,7,11,13,17,19,23,25,54H,3-4,6,8-10,12,14-16,18,20-22,24,26-53,56H2,1-2H3,(H,58,59)/b7-5-,13-11-,19-17-,25-23-. The first-order chi connectivity index (χ1) is 31.4. The van der Waals surface area contributed by atoms with Gasteiger partial charge in [0.05, 0.1) is 19.8 Å². The highest BCUT2D eigenvalue weighted by atomic mass is 31.2. The van der Waals surface area contributed by atoms with Crippen LogP contribution in [0.15, 0.2) is 48.6 Å². The number of hydrogen-bond acceptors (Lipinski definition) is 7. The van der Waals surface area contributed by atoms with Crippen LogP contribution in [0.2, 0.25) is 0 Å². The van der Waals surface area contributed by atoms with E-state index in [2.05, 4.69) is 62.5 Å². The molecule has 0 saturated carbocycles. The average molecular weight is 922 g/mol. The maximum absolute atomic E-state index is 12.7. The van der Waals surface area contributed by atoms with Crippen LogP contribution in [-0.4, -0.2) is 49.9 Å². The predicted octanol–water partition coefficient (Wildman–Crippen LogP) is 17.1. The number of carbonyl (C=O) groups excluding carboxylic acids is 1. The van der Waals surface area contributed by atoms with Crippen molar-refractivity contribution in [3.05, 3.63) is 48.6 Å². The van der Waals surface area contributed by atoms with E-state index in [0.717, 1.165) is 57.8 Å². The lowest BCUT2D eigenvalue weighted by molar-refractivity contribution is -0.154. The van der Waals surface area contributed by atoms with Crippen LogP contribution in [0.4, 0.5) is 0 Å². The third kappa shape index (κ3) is 51.4. The minimum atomic E-state index is -4.28. The maximum atomic E-state index is 12.7. The lowest BCUT2D eigenvalue weighted by atomic mass is 10.0. The minimum Gasteiger partial charge on any atom is -0.457 e. The number of phosphoric ester groups is 1. The van der Waals surface area contributed by atoms with Crippen molar-refractivity contribution in [3.8, 4) is 0 Å². The molecule has 0 aliphatic rings. The van der Waals surface area contributed by atoms with Crippen molar-refractivity contribution >= 4 is 13.8 Å². The molecule has 0 spiro atoms. The monoisotopic (exact) mass is 922 g/mol. The van der Waals surface area contributed by atoms with Crippen molar-refractivity contribution in [1.29, 1.82) is 0 Å². The molecule has 0 aliphatic heterocycles. The van der Waals surface area contributed by atoms with E-state index in [1.54, 1.807) is 0 Å². The molecule has 0 radical (unpaired) electrons. The van der Waals surface area contributed by atoms with Gasteiger partial charge in [-0.3, -0.25) is 13.8 Å². The number of esters is 1. The van der Waals surface area contributed by atoms with Gasteiger partial charge in [-0.15, -0.1) is 0 Å². The van der Waals surface area contributed by atoms with Gasteiger partial charge in [0.2, 0.25) is 0 Å². The largest absolute Gasteiger partial charge is 0.472 e. The van der Waals surface area contributed by atoms with Gasteiger partial charge in [-0.1, -0.05) is 249 Å². The van der Waals surface area contributed by atoms with Crippen molar-refractivity contribution in [2.45, 2.75) is 264 Å². The van der Waals surface area contributed by atoms with Crippen molar-refractivity contribution in [3.63, 3.8) is 0 Å². The fraction of sp³-hybridized carbons (Fsp3) is 0.836. The Morgan fingerprint density at radius 3 is 1.31 bits per heavy atom. The highest BCUT2D eigenvalue weighted by Gasteiger charge is 2.25. The summed E-state index contributed by atoms with van der Waals surface area (Å²) in [6, 6.07) is 0. The Kier molecular flexibility index (Phi) is 51.2. The topological polar surface area (TPSA) is 117 Å². The molecule has 0 aromatic heterocycles. The lowest BCUT2D eigenvalue weighted by Gasteiger charge is -2.20. The molecule has 3 N–H and O–H groups in total. The first-order valence-electron chi connectivity index (χ1n) is 27.1. The van der Waals surface area contributed by atoms with E-state index in [0.29, 0.717) is 13.0 Å². The summed E-state index contributed by atoms with van der Waals surface area (Å²) in [5.41, 5.74) is 5.40. The third-order valence-electron chi connectivity index (χ3n) is 11.8. The summed E-state index contributed by atoms with van der Waals surface area (Å²) in [6.45, 7) is 4.85. The number of ether oxygens (including phenoxy) is 2. The second-order valence-corrected chi connectivity index (χ2v) is 19.5. The molecule has 8 nitrogen and oxygen atoms in total. The molecule has 0 aliphatic carbocycles. The molecule has 0 heterocycles. The van der Waals surface area contributed by atoms with Gasteiger partial charge in [0.25, 0.3) is 0 Å². The summed E-state index contributed by atoms with van der Waals surface area (Å²) in [5.74, 6) is -0.326. The van der Waals surface area contributed by atoms with Crippen LogP contribution >= 0.6 is 7.82 Å². The number of allylic oxidation sites excluding steroid dienone is 8. The first kappa shape index (κ1) is 62.5. The zero-order chi connectivity index (χ0) is 46.5. The highest BCUT2D eigenvalue weighted by Crippen LogP contribution is 2.43. The van der Waals surface area contributed by atoms with Crippen LogP contribution in [0.25, 0.3) is 0 Å². The fourth-order valence-electron chi connectivity index (χ4n) is 7.81. The van der Waals surface area contributed by atoms with Crippen LogP contribution in [-0.2, 0) is 27.9 Å². The molecule has 64 heavy (non-hydrogen) atoms. The Morgan fingerprint density at radius 2 is 0.875 bits per heavy atom. The van der Waals surface area contributed by atoms with E-state index in [1.807, 2.05) is 0 Å². The molecule has 376 valence electrons. The number of nitrogens with two attached hydrogens (primary N) is 1. The summed E-state index contributed by atoms with van der Waals surface area (Å²) >= 11 is 0. The smallest absolute Gasteiger partial charge is 0.457 e. The van der Waals surface area contributed by atoms with Gasteiger partial charge in [-0.2, -0.15) is 0 Å². The Bertz CT molecular complexity index is 1130. The van der Waals surface area contributed by atoms with E-state index in [9.17, 15) is 14.3 Å². The number of rotatable bonds is 52. The molecule has 2 unspecified atom stereocenters. The second kappa shape index (κ2) is 52.4. The summed E-state index contributed by atoms with van der Waals surface area (Å²) in [5, 5.41) is 0. The molecular weight excluding hydrogens is 818 g/mol. The number of phosphoric acid groups is 1. The molecule has 9 heteroatoms. The van der Waals surface area contributed by atoms with Crippen molar-refractivity contribution in [1.82, 2.24) is 0 Å². The molecular formula is C55H104NO7P. The minimum absolute atomic E-state index is 0.0953. The summed E-state index contributed by atoms with van der Waals surface area (Å²) in [7, 11) is -4.28. The average Bonchev–Trinajstić information content (AvgIpc) is 3.29. The second-order valence-electron chi connectivity index (χ2n) is 18.1. The van der Waals surface area contributed by atoms with Crippen LogP contribution in [0.3, 0.4) is 0 Å². The molecule has 2 atom stereocenters. The van der Waals surface area contributed by atoms with Crippen molar-refractivity contribution in [2.24, 2.45) is 5.73 Å². The Labute approximate surface area is 396 Å². The highest BCUT2D eigenvalue weighted by molar-refractivity contribution is 7.47. The maximum Gasteiger partial charge on any atom is 0.472 e. The molecule has 0 rings (SSSR count). The van der Waals surface area contributed by atoms with Gasteiger partial charge in [0, 0.05) is 19.6 Å². The zero-order valence-electron chi connectivity index (χ0n) is 42.0. The van der Waals surface area contributed by atoms with Gasteiger partial charge in [0.15, 0.2) is 0 Å². The van der Waals surface area contributed by atoms with Gasteiger partial charge < -0.3 is 20.1 Å². The van der Waals surface area contributed by atoms with E-state index in [-0.39, 0.29) is 32.3 Å². The molecule has 0 aromatic carbocycles.